The molecule has 0 saturated carbocycles. The van der Waals surface area contributed by atoms with Crippen molar-refractivity contribution in [2.75, 3.05) is 0 Å². The molecule has 0 bridgehead atoms. The van der Waals surface area contributed by atoms with Gasteiger partial charge in [0.15, 0.2) is 5.82 Å². The summed E-state index contributed by atoms with van der Waals surface area (Å²) in [5.74, 6) is 0.743. The summed E-state index contributed by atoms with van der Waals surface area (Å²) >= 11 is 3.48. The lowest BCUT2D eigenvalue weighted by atomic mass is 10.4. The van der Waals surface area contributed by atoms with E-state index in [1.54, 1.807) is 4.68 Å². The topological polar surface area (TPSA) is 43.6 Å². The van der Waals surface area contributed by atoms with Gasteiger partial charge in [0, 0.05) is 0 Å². The van der Waals surface area contributed by atoms with Crippen LogP contribution in [0.3, 0.4) is 0 Å². The average Bonchev–Trinajstić information content (AvgIpc) is 2.47. The molecule has 4 nitrogen and oxygen atoms in total. The molecule has 0 aromatic carbocycles. The van der Waals surface area contributed by atoms with Crippen LogP contribution < -0.4 is 0 Å². The van der Waals surface area contributed by atoms with E-state index < -0.39 is 0 Å². The zero-order chi connectivity index (χ0) is 11.0. The molecule has 15 heavy (non-hydrogen) atoms. The fraction of sp³-hybridized carbons (Fsp3) is 0.300. The highest BCUT2D eigenvalue weighted by Crippen LogP contribution is 2.21. The first-order valence-electron chi connectivity index (χ1n) is 4.62. The highest BCUT2D eigenvalue weighted by molar-refractivity contribution is 9.10. The number of nitrogens with zero attached hydrogens (tertiary/aromatic N) is 4. The normalized spacial score (nSPS) is 10.7. The fourth-order valence-corrected chi connectivity index (χ4v) is 1.60. The van der Waals surface area contributed by atoms with Crippen LogP contribution in [0.1, 0.15) is 17.1 Å². The van der Waals surface area contributed by atoms with Gasteiger partial charge in [-0.1, -0.05) is 0 Å². The van der Waals surface area contributed by atoms with Crippen LogP contribution in [0.5, 0.6) is 0 Å². The van der Waals surface area contributed by atoms with Crippen molar-refractivity contribution >= 4 is 15.9 Å². The molecule has 0 amide bonds. The lowest BCUT2D eigenvalue weighted by Crippen LogP contribution is -2.03. The molecule has 0 radical (unpaired) electrons. The second kappa shape index (κ2) is 3.73. The van der Waals surface area contributed by atoms with Crippen molar-refractivity contribution in [2.24, 2.45) is 0 Å². The van der Waals surface area contributed by atoms with Gasteiger partial charge in [-0.15, -0.1) is 5.10 Å². The molecular weight excluding hydrogens is 256 g/mol. The van der Waals surface area contributed by atoms with Crippen molar-refractivity contribution in [1.29, 1.82) is 0 Å². The summed E-state index contributed by atoms with van der Waals surface area (Å²) in [4.78, 5) is 0. The summed E-state index contributed by atoms with van der Waals surface area (Å²) in [5.41, 5.74) is 2.89. The predicted molar refractivity (Wildman–Crippen MR) is 61.1 cm³/mol. The van der Waals surface area contributed by atoms with Gasteiger partial charge in [0.2, 0.25) is 0 Å². The Labute approximate surface area is 96.5 Å². The minimum atomic E-state index is 0.743. The molecule has 78 valence electrons. The lowest BCUT2D eigenvalue weighted by molar-refractivity contribution is 0.775. The number of aromatic nitrogens is 4. The molecule has 0 aliphatic heterocycles. The largest absolute Gasteiger partial charge is 0.216 e. The second-order valence-electron chi connectivity index (χ2n) is 3.43. The van der Waals surface area contributed by atoms with Crippen molar-refractivity contribution in [1.82, 2.24) is 20.0 Å². The number of halogens is 1. The minimum Gasteiger partial charge on any atom is -0.216 e. The molecule has 0 atom stereocenters. The van der Waals surface area contributed by atoms with E-state index in [0.717, 1.165) is 27.4 Å². The van der Waals surface area contributed by atoms with Crippen molar-refractivity contribution in [3.05, 3.63) is 33.7 Å². The molecule has 0 aliphatic carbocycles. The van der Waals surface area contributed by atoms with Crippen molar-refractivity contribution in [3.8, 4) is 5.82 Å². The van der Waals surface area contributed by atoms with Gasteiger partial charge < -0.3 is 0 Å². The highest BCUT2D eigenvalue weighted by atomic mass is 79.9. The Morgan fingerprint density at radius 2 is 1.87 bits per heavy atom. The van der Waals surface area contributed by atoms with Crippen LogP contribution in [0.15, 0.2) is 16.6 Å². The third-order valence-electron chi connectivity index (χ3n) is 2.20. The number of aryl methyl sites for hydroxylation is 2. The molecule has 0 unspecified atom stereocenters. The lowest BCUT2D eigenvalue weighted by Gasteiger charge is -2.01. The molecule has 0 N–H and O–H groups in total. The van der Waals surface area contributed by atoms with E-state index in [1.165, 1.54) is 0 Å². The monoisotopic (exact) mass is 266 g/mol. The fourth-order valence-electron chi connectivity index (χ4n) is 1.35. The van der Waals surface area contributed by atoms with Gasteiger partial charge in [-0.25, -0.2) is 4.68 Å². The zero-order valence-electron chi connectivity index (χ0n) is 8.82. The summed E-state index contributed by atoms with van der Waals surface area (Å²) < 4.78 is 2.80. The third kappa shape index (κ3) is 1.79. The number of hydrogen-bond donors (Lipinski definition) is 0. The van der Waals surface area contributed by atoms with E-state index in [9.17, 15) is 0 Å². The van der Waals surface area contributed by atoms with E-state index in [1.807, 2.05) is 32.9 Å². The number of rotatable bonds is 1. The second-order valence-corrected chi connectivity index (χ2v) is 4.22. The summed E-state index contributed by atoms with van der Waals surface area (Å²) in [7, 11) is 0. The Hall–Kier alpha value is -1.23. The zero-order valence-corrected chi connectivity index (χ0v) is 10.4. The first kappa shape index (κ1) is 10.3. The summed E-state index contributed by atoms with van der Waals surface area (Å²) in [6, 6.07) is 3.83. The molecule has 2 rings (SSSR count). The quantitative estimate of drug-likeness (QED) is 0.796. The minimum absolute atomic E-state index is 0.743. The van der Waals surface area contributed by atoms with E-state index in [0.29, 0.717) is 0 Å². The maximum Gasteiger partial charge on any atom is 0.175 e. The molecule has 2 aromatic rings. The van der Waals surface area contributed by atoms with E-state index in [4.69, 9.17) is 0 Å². The molecule has 2 heterocycles. The van der Waals surface area contributed by atoms with Crippen molar-refractivity contribution in [3.63, 3.8) is 0 Å². The van der Waals surface area contributed by atoms with Crippen LogP contribution >= 0.6 is 15.9 Å². The first-order valence-corrected chi connectivity index (χ1v) is 5.41. The van der Waals surface area contributed by atoms with Crippen LogP contribution in [-0.2, 0) is 0 Å². The molecule has 0 fully saturated rings. The molecule has 0 spiro atoms. The molecular formula is C10H11BrN4. The van der Waals surface area contributed by atoms with Gasteiger partial charge in [0.05, 0.1) is 21.6 Å². The van der Waals surface area contributed by atoms with Gasteiger partial charge in [0.25, 0.3) is 0 Å². The van der Waals surface area contributed by atoms with Crippen molar-refractivity contribution in [2.45, 2.75) is 20.8 Å². The maximum absolute atomic E-state index is 4.38. The number of hydrogen-bond acceptors (Lipinski definition) is 3. The molecule has 0 aliphatic rings. The SMILES string of the molecule is Cc1ccc(-n2nc(C)c(Br)c2C)nn1. The molecule has 5 heteroatoms. The Morgan fingerprint density at radius 1 is 1.13 bits per heavy atom. The smallest absolute Gasteiger partial charge is 0.175 e. The van der Waals surface area contributed by atoms with Crippen LogP contribution in [-0.4, -0.2) is 20.0 Å². The molecule has 0 saturated heterocycles. The van der Waals surface area contributed by atoms with Crippen LogP contribution in [0.4, 0.5) is 0 Å². The van der Waals surface area contributed by atoms with E-state index >= 15 is 0 Å². The van der Waals surface area contributed by atoms with Crippen LogP contribution in [0, 0.1) is 20.8 Å². The van der Waals surface area contributed by atoms with Crippen LogP contribution in [0.2, 0.25) is 0 Å². The Bertz CT molecular complexity index is 487. The van der Waals surface area contributed by atoms with E-state index in [-0.39, 0.29) is 0 Å². The predicted octanol–water partition coefficient (Wildman–Crippen LogP) is 2.35. The van der Waals surface area contributed by atoms with E-state index in [2.05, 4.69) is 31.2 Å². The molecule has 2 aromatic heterocycles. The summed E-state index contributed by atoms with van der Waals surface area (Å²) in [5, 5.41) is 12.5. The van der Waals surface area contributed by atoms with Crippen molar-refractivity contribution < 1.29 is 0 Å². The Morgan fingerprint density at radius 3 is 2.33 bits per heavy atom. The van der Waals surface area contributed by atoms with Crippen LogP contribution in [0.25, 0.3) is 5.82 Å². The third-order valence-corrected chi connectivity index (χ3v) is 3.35. The Balaban J connectivity index is 2.54. The first-order chi connectivity index (χ1) is 7.09. The standard InChI is InChI=1S/C10H11BrN4/c1-6-4-5-9(13-12-6)15-8(3)10(11)7(2)14-15/h4-5H,1-3H3. The van der Waals surface area contributed by atoms with Gasteiger partial charge in [0.1, 0.15) is 0 Å². The van der Waals surface area contributed by atoms with Gasteiger partial charge >= 0.3 is 0 Å². The summed E-state index contributed by atoms with van der Waals surface area (Å²) in [6.45, 7) is 5.86. The van der Waals surface area contributed by atoms with Gasteiger partial charge in [-0.2, -0.15) is 10.2 Å². The summed E-state index contributed by atoms with van der Waals surface area (Å²) in [6.07, 6.45) is 0. The van der Waals surface area contributed by atoms with Gasteiger partial charge in [-0.3, -0.25) is 0 Å². The highest BCUT2D eigenvalue weighted by Gasteiger charge is 2.10. The maximum atomic E-state index is 4.38. The Kier molecular flexibility index (Phi) is 2.56. The van der Waals surface area contributed by atoms with Gasteiger partial charge in [-0.05, 0) is 48.8 Å². The average molecular weight is 267 g/mol.